The third-order valence-corrected chi connectivity index (χ3v) is 3.37. The van der Waals surface area contributed by atoms with Crippen LogP contribution in [0.5, 0.6) is 0 Å². The van der Waals surface area contributed by atoms with Crippen LogP contribution in [-0.2, 0) is 33.3 Å². The van der Waals surface area contributed by atoms with Gasteiger partial charge in [0.2, 0.25) is 6.10 Å². The van der Waals surface area contributed by atoms with Crippen LogP contribution in [0.3, 0.4) is 0 Å². The second kappa shape index (κ2) is 7.76. The lowest BCUT2D eigenvalue weighted by molar-refractivity contribution is -0.409. The summed E-state index contributed by atoms with van der Waals surface area (Å²) in [7, 11) is 0. The minimum absolute atomic E-state index is 0.342. The molecule has 7 nitrogen and oxygen atoms in total. The van der Waals surface area contributed by atoms with E-state index in [4.69, 9.17) is 0 Å². The fourth-order valence-electron chi connectivity index (χ4n) is 2.19. The molecule has 1 aliphatic heterocycles. The molecule has 1 heterocycles. The maximum atomic E-state index is 14.5. The van der Waals surface area contributed by atoms with Crippen molar-refractivity contribution in [1.29, 1.82) is 0 Å². The van der Waals surface area contributed by atoms with Gasteiger partial charge in [-0.25, -0.2) is 4.79 Å². The number of carbonyl (C=O) groups excluding carboxylic acids is 3. The lowest BCUT2D eigenvalue weighted by Gasteiger charge is -2.34. The Balaban J connectivity index is 3.28. The first-order chi connectivity index (χ1) is 12.9. The van der Waals surface area contributed by atoms with E-state index >= 15 is 0 Å². The molecule has 0 bridgehead atoms. The second-order valence-corrected chi connectivity index (χ2v) is 5.59. The van der Waals surface area contributed by atoms with Crippen molar-refractivity contribution in [3.63, 3.8) is 0 Å². The molecule has 0 N–H and O–H groups in total. The Hall–Kier alpha value is -2.45. The van der Waals surface area contributed by atoms with Crippen LogP contribution in [0.1, 0.15) is 13.8 Å². The van der Waals surface area contributed by atoms with Crippen LogP contribution in [0.2, 0.25) is 0 Å². The molecule has 29 heavy (non-hydrogen) atoms. The Morgan fingerprint density at radius 2 is 1.55 bits per heavy atom. The predicted octanol–water partition coefficient (Wildman–Crippen LogP) is 2.44. The van der Waals surface area contributed by atoms with Crippen molar-refractivity contribution in [2.75, 3.05) is 6.61 Å². The van der Waals surface area contributed by atoms with Crippen LogP contribution in [0.4, 0.5) is 35.1 Å². The number of alkyl halides is 8. The van der Waals surface area contributed by atoms with Gasteiger partial charge in [-0.3, -0.25) is 9.59 Å². The van der Waals surface area contributed by atoms with Gasteiger partial charge in [-0.2, -0.15) is 35.1 Å². The number of ether oxygens (including phenoxy) is 4. The van der Waals surface area contributed by atoms with Gasteiger partial charge in [0.05, 0.1) is 0 Å². The summed E-state index contributed by atoms with van der Waals surface area (Å²) in [6.07, 6.45) is -17.2. The average Bonchev–Trinajstić information content (AvgIpc) is 2.71. The third-order valence-electron chi connectivity index (χ3n) is 3.37. The van der Waals surface area contributed by atoms with Crippen LogP contribution in [0.25, 0.3) is 0 Å². The molecule has 3 atom stereocenters. The molecule has 1 aliphatic rings. The Morgan fingerprint density at radius 1 is 1.03 bits per heavy atom. The molecule has 0 radical (unpaired) electrons. The highest BCUT2D eigenvalue weighted by Crippen LogP contribution is 2.54. The predicted molar refractivity (Wildman–Crippen MR) is 72.1 cm³/mol. The first-order valence-corrected chi connectivity index (χ1v) is 7.29. The Kier molecular flexibility index (Phi) is 6.58. The summed E-state index contributed by atoms with van der Waals surface area (Å²) < 4.78 is 122. The fourth-order valence-corrected chi connectivity index (χ4v) is 2.19. The van der Waals surface area contributed by atoms with E-state index in [-0.39, 0.29) is 0 Å². The molecule has 1 fully saturated rings. The molecule has 0 aromatic carbocycles. The molecule has 166 valence electrons. The number of halogens is 8. The van der Waals surface area contributed by atoms with Crippen LogP contribution in [0.15, 0.2) is 12.2 Å². The normalized spacial score (nSPS) is 26.6. The van der Waals surface area contributed by atoms with Crippen molar-refractivity contribution in [3.8, 4) is 0 Å². The van der Waals surface area contributed by atoms with Gasteiger partial charge < -0.3 is 18.9 Å². The van der Waals surface area contributed by atoms with Gasteiger partial charge in [0.15, 0.2) is 0 Å². The number of carbonyl (C=O) groups is 3. The molecule has 15 heteroatoms. The smallest absolute Gasteiger partial charge is 0.459 e. The van der Waals surface area contributed by atoms with E-state index in [0.29, 0.717) is 13.8 Å². The second-order valence-electron chi connectivity index (χ2n) is 5.59. The van der Waals surface area contributed by atoms with Crippen molar-refractivity contribution in [1.82, 2.24) is 0 Å². The summed E-state index contributed by atoms with van der Waals surface area (Å²) in [6, 6.07) is 0. The Bertz CT molecular complexity index is 699. The van der Waals surface area contributed by atoms with Crippen LogP contribution >= 0.6 is 0 Å². The number of rotatable bonds is 5. The van der Waals surface area contributed by atoms with Crippen LogP contribution in [0, 0.1) is 0 Å². The number of hydrogen-bond acceptors (Lipinski definition) is 7. The van der Waals surface area contributed by atoms with E-state index in [1.807, 2.05) is 0 Å². The van der Waals surface area contributed by atoms with E-state index in [2.05, 4.69) is 25.5 Å². The monoisotopic (exact) mass is 444 g/mol. The molecular formula is C14H12F8O7. The van der Waals surface area contributed by atoms with Gasteiger partial charge in [-0.15, -0.1) is 0 Å². The summed E-state index contributed by atoms with van der Waals surface area (Å²) in [6.45, 7) is 1.57. The quantitative estimate of drug-likeness (QED) is 0.279. The maximum absolute atomic E-state index is 14.5. The van der Waals surface area contributed by atoms with Gasteiger partial charge in [-0.05, 0) is 0 Å². The molecule has 1 saturated heterocycles. The highest BCUT2D eigenvalue weighted by Gasteiger charge is 2.84. The lowest BCUT2D eigenvalue weighted by atomic mass is 10.0. The molecule has 0 aromatic heterocycles. The minimum Gasteiger partial charge on any atom is -0.459 e. The zero-order valence-corrected chi connectivity index (χ0v) is 14.5. The first kappa shape index (κ1) is 24.6. The van der Waals surface area contributed by atoms with Crippen LogP contribution in [-0.4, -0.2) is 60.8 Å². The Morgan fingerprint density at radius 3 is 1.93 bits per heavy atom. The zero-order chi connectivity index (χ0) is 23.0. The van der Waals surface area contributed by atoms with Gasteiger partial charge in [0.1, 0.15) is 18.3 Å². The van der Waals surface area contributed by atoms with Crippen molar-refractivity contribution in [2.45, 2.75) is 50.1 Å². The molecule has 0 aromatic rings. The number of esters is 3. The molecule has 0 amide bonds. The highest BCUT2D eigenvalue weighted by molar-refractivity contribution is 5.89. The zero-order valence-electron chi connectivity index (χ0n) is 14.5. The van der Waals surface area contributed by atoms with E-state index < -0.39 is 66.4 Å². The van der Waals surface area contributed by atoms with Crippen molar-refractivity contribution in [3.05, 3.63) is 12.2 Å². The fraction of sp³-hybridized carbons (Fsp3) is 0.643. The largest absolute Gasteiger partial charge is 0.462 e. The molecule has 0 saturated carbocycles. The third kappa shape index (κ3) is 4.76. The van der Waals surface area contributed by atoms with Gasteiger partial charge in [0.25, 0.3) is 0 Å². The van der Waals surface area contributed by atoms with E-state index in [0.717, 1.165) is 0 Å². The summed E-state index contributed by atoms with van der Waals surface area (Å²) in [5.41, 5.74) is -2.09. The molecule has 0 aliphatic carbocycles. The first-order valence-electron chi connectivity index (χ1n) is 7.29. The molecule has 1 rings (SSSR count). The standard InChI is InChI=1S/C14H12F8O7/c1-5(12(17,18)19)10(25)26-4-8-9(27-6(2)23)11(15,16)13(29-8,14(20,21)22)28-7(3)24/h8-9H,1,4H2,2-3H3. The minimum atomic E-state index is -6.09. The molecule has 3 unspecified atom stereocenters. The SMILES string of the molecule is C=C(C(=O)OCC1OC(OC(C)=O)(C(F)(F)F)C(F)(F)C1OC(C)=O)C(F)(F)F. The average molecular weight is 444 g/mol. The Labute approximate surface area is 156 Å². The topological polar surface area (TPSA) is 88.1 Å². The van der Waals surface area contributed by atoms with Crippen LogP contribution < -0.4 is 0 Å². The summed E-state index contributed by atoms with van der Waals surface area (Å²) in [5, 5.41) is 0. The van der Waals surface area contributed by atoms with E-state index in [9.17, 15) is 49.5 Å². The van der Waals surface area contributed by atoms with Gasteiger partial charge in [0, 0.05) is 13.8 Å². The van der Waals surface area contributed by atoms with Crippen molar-refractivity contribution < 1.29 is 68.5 Å². The number of hydrogen-bond donors (Lipinski definition) is 0. The summed E-state index contributed by atoms with van der Waals surface area (Å²) in [4.78, 5) is 33.3. The summed E-state index contributed by atoms with van der Waals surface area (Å²) in [5.74, 6) is -15.8. The van der Waals surface area contributed by atoms with E-state index in [1.165, 1.54) is 0 Å². The highest BCUT2D eigenvalue weighted by atomic mass is 19.4. The van der Waals surface area contributed by atoms with E-state index in [1.54, 1.807) is 0 Å². The molecular weight excluding hydrogens is 432 g/mol. The van der Waals surface area contributed by atoms with Gasteiger partial charge in [-0.1, -0.05) is 6.58 Å². The van der Waals surface area contributed by atoms with Gasteiger partial charge >= 0.3 is 42.0 Å². The van der Waals surface area contributed by atoms with Crippen molar-refractivity contribution in [2.24, 2.45) is 0 Å². The molecule has 0 spiro atoms. The maximum Gasteiger partial charge on any atom is 0.462 e. The van der Waals surface area contributed by atoms with Crippen molar-refractivity contribution >= 4 is 17.9 Å². The lowest BCUT2D eigenvalue weighted by Crippen LogP contribution is -2.62. The summed E-state index contributed by atoms with van der Waals surface area (Å²) >= 11 is 0.